The minimum absolute atomic E-state index is 0.0504. The minimum atomic E-state index is -0.504. The first-order valence-electron chi connectivity index (χ1n) is 9.40. The highest BCUT2D eigenvalue weighted by molar-refractivity contribution is 6.07. The maximum atomic E-state index is 12.3. The van der Waals surface area contributed by atoms with Crippen LogP contribution in [0.25, 0.3) is 21.9 Å². The molecule has 0 saturated heterocycles. The number of anilines is 1. The second-order valence-corrected chi connectivity index (χ2v) is 6.84. The third-order valence-corrected chi connectivity index (χ3v) is 4.66. The minimum Gasteiger partial charge on any atom is -0.495 e. The van der Waals surface area contributed by atoms with Crippen molar-refractivity contribution in [3.63, 3.8) is 0 Å². The molecule has 0 aliphatic rings. The summed E-state index contributed by atoms with van der Waals surface area (Å²) in [6.07, 6.45) is 1.67. The zero-order valence-corrected chi connectivity index (χ0v) is 16.6. The van der Waals surface area contributed by atoms with Crippen LogP contribution in [-0.2, 0) is 20.7 Å². The molecule has 0 spiro atoms. The van der Waals surface area contributed by atoms with E-state index in [1.54, 1.807) is 18.3 Å². The van der Waals surface area contributed by atoms with Gasteiger partial charge in [-0.1, -0.05) is 24.3 Å². The van der Waals surface area contributed by atoms with Gasteiger partial charge in [0.15, 0.2) is 6.61 Å². The van der Waals surface area contributed by atoms with Gasteiger partial charge in [0.1, 0.15) is 16.9 Å². The number of aromatic nitrogens is 1. The molecule has 0 bridgehead atoms. The highest BCUT2D eigenvalue weighted by atomic mass is 16.5. The van der Waals surface area contributed by atoms with E-state index >= 15 is 0 Å². The number of nitrogens with zero attached hydrogens (tertiary/aromatic N) is 1. The zero-order chi connectivity index (χ0) is 21.1. The van der Waals surface area contributed by atoms with Gasteiger partial charge in [0.25, 0.3) is 5.91 Å². The molecular formula is C23H20N2O5. The number of methoxy groups -OCH3 is 1. The van der Waals surface area contributed by atoms with Crippen LogP contribution in [0.4, 0.5) is 5.69 Å². The van der Waals surface area contributed by atoms with E-state index < -0.39 is 18.5 Å². The molecule has 0 atom stereocenters. The van der Waals surface area contributed by atoms with Gasteiger partial charge in [-0.05, 0) is 30.7 Å². The molecule has 2 aromatic carbocycles. The number of para-hydroxylation sites is 1. The van der Waals surface area contributed by atoms with Gasteiger partial charge in [-0.25, -0.2) is 0 Å². The summed E-state index contributed by atoms with van der Waals surface area (Å²) in [4.78, 5) is 28.4. The molecule has 1 N–H and O–H groups in total. The molecule has 2 aromatic heterocycles. The molecule has 152 valence electrons. The maximum Gasteiger partial charge on any atom is 0.310 e. The number of carbonyl (C=O) groups is 2. The lowest BCUT2D eigenvalue weighted by Gasteiger charge is -2.11. The van der Waals surface area contributed by atoms with Gasteiger partial charge in [0, 0.05) is 28.7 Å². The predicted molar refractivity (Wildman–Crippen MR) is 113 cm³/mol. The van der Waals surface area contributed by atoms with Crippen LogP contribution in [-0.4, -0.2) is 30.6 Å². The molecule has 0 aliphatic carbocycles. The van der Waals surface area contributed by atoms with Crippen molar-refractivity contribution in [1.82, 2.24) is 4.98 Å². The van der Waals surface area contributed by atoms with Crippen LogP contribution in [0.5, 0.6) is 5.75 Å². The summed E-state index contributed by atoms with van der Waals surface area (Å²) in [6.45, 7) is 1.46. The Morgan fingerprint density at radius 3 is 2.67 bits per heavy atom. The molecule has 7 nitrogen and oxygen atoms in total. The van der Waals surface area contributed by atoms with Gasteiger partial charge >= 0.3 is 5.97 Å². The SMILES string of the molecule is COc1cc2c(cc1NC(=O)COC(=O)Cc1ccc(C)nc1)oc1ccccc12. The lowest BCUT2D eigenvalue weighted by molar-refractivity contribution is -0.146. The van der Waals surface area contributed by atoms with Gasteiger partial charge < -0.3 is 19.2 Å². The summed E-state index contributed by atoms with van der Waals surface area (Å²) >= 11 is 0. The molecule has 7 heteroatoms. The fraction of sp³-hybridized carbons (Fsp3) is 0.174. The number of rotatable bonds is 6. The molecule has 0 radical (unpaired) electrons. The second kappa shape index (κ2) is 8.24. The maximum absolute atomic E-state index is 12.3. The molecule has 0 saturated carbocycles. The van der Waals surface area contributed by atoms with Crippen LogP contribution in [0.1, 0.15) is 11.3 Å². The number of furan rings is 1. The van der Waals surface area contributed by atoms with Gasteiger partial charge in [-0.2, -0.15) is 0 Å². The Kier molecular flexibility index (Phi) is 5.34. The van der Waals surface area contributed by atoms with Gasteiger partial charge in [0.05, 0.1) is 19.2 Å². The molecule has 1 amide bonds. The Hall–Kier alpha value is -3.87. The third-order valence-electron chi connectivity index (χ3n) is 4.66. The van der Waals surface area contributed by atoms with Crippen molar-refractivity contribution in [2.45, 2.75) is 13.3 Å². The Morgan fingerprint density at radius 1 is 1.07 bits per heavy atom. The second-order valence-electron chi connectivity index (χ2n) is 6.84. The Labute approximate surface area is 172 Å². The standard InChI is InChI=1S/C23H20N2O5/c1-14-7-8-15(12-24-14)9-23(27)29-13-22(26)25-18-11-20-17(10-21(18)28-2)16-5-3-4-6-19(16)30-20/h3-8,10-12H,9,13H2,1-2H3,(H,25,26). The molecule has 2 heterocycles. The van der Waals surface area contributed by atoms with Crippen LogP contribution in [0.3, 0.4) is 0 Å². The summed E-state index contributed by atoms with van der Waals surface area (Å²) in [7, 11) is 1.52. The van der Waals surface area contributed by atoms with E-state index in [1.165, 1.54) is 7.11 Å². The quantitative estimate of drug-likeness (QED) is 0.488. The number of esters is 1. The van der Waals surface area contributed by atoms with Gasteiger partial charge in [-0.3, -0.25) is 14.6 Å². The summed E-state index contributed by atoms with van der Waals surface area (Å²) in [5, 5.41) is 4.56. The van der Waals surface area contributed by atoms with E-state index in [-0.39, 0.29) is 6.42 Å². The zero-order valence-electron chi connectivity index (χ0n) is 16.6. The average molecular weight is 404 g/mol. The van der Waals surface area contributed by atoms with Crippen LogP contribution < -0.4 is 10.1 Å². The summed E-state index contributed by atoms with van der Waals surface area (Å²) in [6, 6.07) is 14.8. The molecule has 0 fully saturated rings. The smallest absolute Gasteiger partial charge is 0.310 e. The Morgan fingerprint density at radius 2 is 1.90 bits per heavy atom. The third kappa shape index (κ3) is 4.10. The number of hydrogen-bond acceptors (Lipinski definition) is 6. The molecule has 0 aliphatic heterocycles. The van der Waals surface area contributed by atoms with E-state index in [0.717, 1.165) is 27.6 Å². The Bertz CT molecular complexity index is 1230. The largest absolute Gasteiger partial charge is 0.495 e. The number of benzene rings is 2. The first-order chi connectivity index (χ1) is 14.5. The molecule has 4 aromatic rings. The Balaban J connectivity index is 1.43. The van der Waals surface area contributed by atoms with Crippen LogP contribution in [0.15, 0.2) is 59.1 Å². The summed E-state index contributed by atoms with van der Waals surface area (Å²) < 4.78 is 16.3. The molecular weight excluding hydrogens is 384 g/mol. The van der Waals surface area contributed by atoms with Crippen LogP contribution >= 0.6 is 0 Å². The van der Waals surface area contributed by atoms with E-state index in [9.17, 15) is 9.59 Å². The monoisotopic (exact) mass is 404 g/mol. The van der Waals surface area contributed by atoms with Crippen LogP contribution in [0, 0.1) is 6.92 Å². The highest BCUT2D eigenvalue weighted by Gasteiger charge is 2.15. The van der Waals surface area contributed by atoms with E-state index in [0.29, 0.717) is 17.0 Å². The topological polar surface area (TPSA) is 90.7 Å². The number of hydrogen-bond donors (Lipinski definition) is 1. The van der Waals surface area contributed by atoms with Crippen molar-refractivity contribution in [2.24, 2.45) is 0 Å². The number of nitrogens with one attached hydrogen (secondary N) is 1. The van der Waals surface area contributed by atoms with E-state index in [2.05, 4.69) is 10.3 Å². The highest BCUT2D eigenvalue weighted by Crippen LogP contribution is 2.36. The lowest BCUT2D eigenvalue weighted by Crippen LogP contribution is -2.22. The number of pyridine rings is 1. The summed E-state index contributed by atoms with van der Waals surface area (Å²) in [5.41, 5.74) is 3.39. The number of carbonyl (C=O) groups excluding carboxylic acids is 2. The van der Waals surface area contributed by atoms with Crippen molar-refractivity contribution in [1.29, 1.82) is 0 Å². The van der Waals surface area contributed by atoms with Gasteiger partial charge in [0.2, 0.25) is 0 Å². The van der Waals surface area contributed by atoms with Crippen molar-refractivity contribution in [3.8, 4) is 5.75 Å². The predicted octanol–water partition coefficient (Wildman–Crippen LogP) is 4.02. The first-order valence-corrected chi connectivity index (χ1v) is 9.40. The number of ether oxygens (including phenoxy) is 2. The fourth-order valence-electron chi connectivity index (χ4n) is 3.17. The van der Waals surface area contributed by atoms with Crippen molar-refractivity contribution in [2.75, 3.05) is 19.0 Å². The average Bonchev–Trinajstić information content (AvgIpc) is 3.10. The van der Waals surface area contributed by atoms with Crippen LogP contribution in [0.2, 0.25) is 0 Å². The number of amides is 1. The van der Waals surface area contributed by atoms with E-state index in [1.807, 2.05) is 43.3 Å². The van der Waals surface area contributed by atoms with Crippen molar-refractivity contribution < 1.29 is 23.5 Å². The summed E-state index contributed by atoms with van der Waals surface area (Å²) in [5.74, 6) is -0.492. The number of fused-ring (bicyclic) bond motifs is 3. The van der Waals surface area contributed by atoms with Crippen molar-refractivity contribution >= 4 is 39.5 Å². The fourth-order valence-corrected chi connectivity index (χ4v) is 3.17. The van der Waals surface area contributed by atoms with E-state index in [4.69, 9.17) is 13.9 Å². The number of aryl methyl sites for hydroxylation is 1. The van der Waals surface area contributed by atoms with Gasteiger partial charge in [-0.15, -0.1) is 0 Å². The lowest BCUT2D eigenvalue weighted by atomic mass is 10.1. The first kappa shape index (κ1) is 19.4. The molecule has 30 heavy (non-hydrogen) atoms. The molecule has 0 unspecified atom stereocenters. The van der Waals surface area contributed by atoms with Crippen molar-refractivity contribution in [3.05, 3.63) is 66.0 Å². The molecule has 4 rings (SSSR count). The normalized spacial score (nSPS) is 10.9.